The van der Waals surface area contributed by atoms with E-state index < -0.39 is 5.97 Å². The van der Waals surface area contributed by atoms with Crippen molar-refractivity contribution in [2.75, 3.05) is 6.61 Å². The molecule has 6 heteroatoms. The quantitative estimate of drug-likeness (QED) is 0.696. The number of rotatable bonds is 4. The molecule has 2 N–H and O–H groups in total. The van der Waals surface area contributed by atoms with E-state index in [4.69, 9.17) is 4.74 Å². The maximum atomic E-state index is 12.4. The summed E-state index contributed by atoms with van der Waals surface area (Å²) in [7, 11) is 0. The van der Waals surface area contributed by atoms with Crippen molar-refractivity contribution in [2.24, 2.45) is 4.99 Å². The molecule has 0 aromatic heterocycles. The van der Waals surface area contributed by atoms with Gasteiger partial charge < -0.3 is 14.9 Å². The molecule has 0 aliphatic carbocycles. The molecule has 0 unspecified atom stereocenters. The average Bonchev–Trinajstić information content (AvgIpc) is 2.95. The van der Waals surface area contributed by atoms with E-state index in [2.05, 4.69) is 4.99 Å². The van der Waals surface area contributed by atoms with Crippen LogP contribution in [-0.4, -0.2) is 27.8 Å². The van der Waals surface area contributed by atoms with Gasteiger partial charge in [0.15, 0.2) is 0 Å². The van der Waals surface area contributed by atoms with E-state index in [0.717, 1.165) is 22.9 Å². The fourth-order valence-corrected chi connectivity index (χ4v) is 3.69. The molecule has 0 saturated heterocycles. The number of ether oxygens (including phenoxy) is 1. The van der Waals surface area contributed by atoms with Gasteiger partial charge in [0.1, 0.15) is 22.1 Å². The molecule has 28 heavy (non-hydrogen) atoms. The number of carbonyl (C=O) groups is 1. The lowest BCUT2D eigenvalue weighted by Crippen LogP contribution is -2.12. The Morgan fingerprint density at radius 2 is 1.79 bits per heavy atom. The van der Waals surface area contributed by atoms with Crippen LogP contribution in [0.15, 0.2) is 63.7 Å². The first-order valence-corrected chi connectivity index (χ1v) is 9.66. The van der Waals surface area contributed by atoms with E-state index in [1.807, 2.05) is 38.1 Å². The van der Waals surface area contributed by atoms with E-state index in [1.165, 1.54) is 0 Å². The van der Waals surface area contributed by atoms with Crippen molar-refractivity contribution in [1.82, 2.24) is 0 Å². The molecule has 0 radical (unpaired) electrons. The van der Waals surface area contributed by atoms with Gasteiger partial charge in [0.05, 0.1) is 17.2 Å². The summed E-state index contributed by atoms with van der Waals surface area (Å²) in [5, 5.41) is 21.1. The van der Waals surface area contributed by atoms with Crippen LogP contribution in [0.4, 0.5) is 5.69 Å². The molecule has 2 aromatic rings. The predicted octanol–water partition coefficient (Wildman–Crippen LogP) is 5.20. The predicted molar refractivity (Wildman–Crippen MR) is 113 cm³/mol. The molecule has 0 atom stereocenters. The third-order valence-corrected chi connectivity index (χ3v) is 5.12. The van der Waals surface area contributed by atoms with E-state index in [-0.39, 0.29) is 23.7 Å². The van der Waals surface area contributed by atoms with Gasteiger partial charge in [0.2, 0.25) is 0 Å². The molecule has 2 aromatic carbocycles. The monoisotopic (exact) mass is 395 g/mol. The first-order valence-electron chi connectivity index (χ1n) is 8.84. The van der Waals surface area contributed by atoms with Crippen molar-refractivity contribution < 1.29 is 19.7 Å². The highest BCUT2D eigenvalue weighted by Gasteiger charge is 2.33. The van der Waals surface area contributed by atoms with Crippen LogP contribution in [0.1, 0.15) is 23.6 Å². The number of aryl methyl sites for hydroxylation is 2. The summed E-state index contributed by atoms with van der Waals surface area (Å²) in [6.45, 7) is 5.78. The van der Waals surface area contributed by atoms with Gasteiger partial charge in [-0.05, 0) is 51.1 Å². The number of aliphatic hydroxyl groups excluding tert-OH is 1. The molecule has 1 aliphatic rings. The van der Waals surface area contributed by atoms with Gasteiger partial charge in [0, 0.05) is 5.56 Å². The third-order valence-electron chi connectivity index (χ3n) is 4.10. The number of hydrogen-bond donors (Lipinski definition) is 2. The Kier molecular flexibility index (Phi) is 5.90. The van der Waals surface area contributed by atoms with Crippen LogP contribution in [0, 0.1) is 13.8 Å². The third kappa shape index (κ3) is 4.28. The summed E-state index contributed by atoms with van der Waals surface area (Å²) >= 11 is 1.16. The lowest BCUT2D eigenvalue weighted by atomic mass is 10.1. The van der Waals surface area contributed by atoms with E-state index in [0.29, 0.717) is 21.2 Å². The smallest absolute Gasteiger partial charge is 0.344 e. The van der Waals surface area contributed by atoms with Crippen molar-refractivity contribution in [3.05, 3.63) is 75.4 Å². The summed E-state index contributed by atoms with van der Waals surface area (Å²) in [6.07, 6.45) is 1.64. The van der Waals surface area contributed by atoms with Crippen LogP contribution in [0.5, 0.6) is 5.75 Å². The summed E-state index contributed by atoms with van der Waals surface area (Å²) in [5.74, 6) is -0.737. The zero-order valence-electron chi connectivity index (χ0n) is 15.9. The summed E-state index contributed by atoms with van der Waals surface area (Å²) in [6, 6.07) is 12.7. The average molecular weight is 395 g/mol. The molecule has 144 valence electrons. The van der Waals surface area contributed by atoms with Gasteiger partial charge in [-0.15, -0.1) is 0 Å². The Morgan fingerprint density at radius 3 is 2.46 bits per heavy atom. The van der Waals surface area contributed by atoms with Crippen molar-refractivity contribution in [1.29, 1.82) is 0 Å². The number of phenols is 1. The van der Waals surface area contributed by atoms with Crippen LogP contribution < -0.4 is 0 Å². The SMILES string of the molecule is CCOC(=O)C1=C(O)/C(=C\c2cc(C)ccc2O)SC1=Nc1ccc(C)cc1. The van der Waals surface area contributed by atoms with Crippen LogP contribution in [0.25, 0.3) is 6.08 Å². The number of benzene rings is 2. The van der Waals surface area contributed by atoms with Crippen molar-refractivity contribution in [2.45, 2.75) is 20.8 Å². The number of thioether (sulfide) groups is 1. The maximum absolute atomic E-state index is 12.4. The Bertz CT molecular complexity index is 1000. The first kappa shape index (κ1) is 19.8. The van der Waals surface area contributed by atoms with E-state index >= 15 is 0 Å². The van der Waals surface area contributed by atoms with Crippen LogP contribution >= 0.6 is 11.8 Å². The summed E-state index contributed by atoms with van der Waals surface area (Å²) < 4.78 is 5.10. The Hall–Kier alpha value is -2.99. The molecule has 0 saturated carbocycles. The topological polar surface area (TPSA) is 79.1 Å². The highest BCUT2D eigenvalue weighted by Crippen LogP contribution is 2.41. The van der Waals surface area contributed by atoms with Crippen LogP contribution in [0.2, 0.25) is 0 Å². The van der Waals surface area contributed by atoms with E-state index in [1.54, 1.807) is 31.2 Å². The van der Waals surface area contributed by atoms with Crippen molar-refractivity contribution in [3.8, 4) is 5.75 Å². The Morgan fingerprint density at radius 1 is 1.11 bits per heavy atom. The van der Waals surface area contributed by atoms with E-state index in [9.17, 15) is 15.0 Å². The van der Waals surface area contributed by atoms with Gasteiger partial charge in [0.25, 0.3) is 0 Å². The molecular weight excluding hydrogens is 374 g/mol. The van der Waals surface area contributed by atoms with Crippen molar-refractivity contribution in [3.63, 3.8) is 0 Å². The van der Waals surface area contributed by atoms with Gasteiger partial charge in [-0.25, -0.2) is 9.79 Å². The number of hydrogen-bond acceptors (Lipinski definition) is 6. The highest BCUT2D eigenvalue weighted by atomic mass is 32.2. The lowest BCUT2D eigenvalue weighted by molar-refractivity contribution is -0.138. The Labute approximate surface area is 168 Å². The minimum Gasteiger partial charge on any atom is -0.507 e. The fraction of sp³-hybridized carbons (Fsp3) is 0.182. The fourth-order valence-electron chi connectivity index (χ4n) is 2.66. The van der Waals surface area contributed by atoms with Crippen LogP contribution in [0.3, 0.4) is 0 Å². The number of carbonyl (C=O) groups excluding carboxylic acids is 1. The normalized spacial score (nSPS) is 16.8. The number of esters is 1. The molecule has 1 aliphatic heterocycles. The second-order valence-electron chi connectivity index (χ2n) is 6.37. The molecule has 0 bridgehead atoms. The first-order chi connectivity index (χ1) is 13.4. The number of phenolic OH excluding ortho intramolecular Hbond substituents is 1. The van der Waals surface area contributed by atoms with Crippen LogP contribution in [-0.2, 0) is 9.53 Å². The Balaban J connectivity index is 2.07. The van der Waals surface area contributed by atoms with Gasteiger partial charge in [-0.3, -0.25) is 0 Å². The minimum absolute atomic E-state index is 0.0332. The molecule has 0 fully saturated rings. The maximum Gasteiger partial charge on any atom is 0.344 e. The van der Waals surface area contributed by atoms with Gasteiger partial charge in [-0.2, -0.15) is 0 Å². The second-order valence-corrected chi connectivity index (χ2v) is 7.40. The van der Waals surface area contributed by atoms with Crippen molar-refractivity contribution >= 4 is 34.5 Å². The zero-order valence-corrected chi connectivity index (χ0v) is 16.7. The molecule has 0 spiro atoms. The summed E-state index contributed by atoms with van der Waals surface area (Å²) in [4.78, 5) is 17.4. The zero-order chi connectivity index (χ0) is 20.3. The minimum atomic E-state index is -0.629. The van der Waals surface area contributed by atoms with Gasteiger partial charge >= 0.3 is 5.97 Å². The molecule has 1 heterocycles. The summed E-state index contributed by atoms with van der Waals surface area (Å²) in [5.41, 5.74) is 3.32. The number of aliphatic imine (C=N–C) groups is 1. The molecule has 0 amide bonds. The number of aliphatic hydroxyl groups is 1. The number of nitrogens with zero attached hydrogens (tertiary/aromatic N) is 1. The largest absolute Gasteiger partial charge is 0.507 e. The lowest BCUT2D eigenvalue weighted by Gasteiger charge is -2.04. The molecule has 3 rings (SSSR count). The number of aromatic hydroxyl groups is 1. The highest BCUT2D eigenvalue weighted by molar-refractivity contribution is 8.18. The molecular formula is C22H21NO4S. The second kappa shape index (κ2) is 8.35. The molecule has 5 nitrogen and oxygen atoms in total. The van der Waals surface area contributed by atoms with Gasteiger partial charge in [-0.1, -0.05) is 41.1 Å². The standard InChI is InChI=1S/C22H21NO4S/c1-4-27-22(26)19-20(25)18(12-15-11-14(3)7-10-17(15)24)28-21(19)23-16-8-5-13(2)6-9-16/h5-12,24-25H,4H2,1-3H3/b18-12+,23-21?.